The third-order valence-corrected chi connectivity index (χ3v) is 9.97. The van der Waals surface area contributed by atoms with Crippen LogP contribution in [-0.2, 0) is 25.8 Å². The van der Waals surface area contributed by atoms with Gasteiger partial charge < -0.3 is 19.8 Å². The molecule has 4 aliphatic rings. The zero-order chi connectivity index (χ0) is 28.2. The molecule has 3 fully saturated rings. The van der Waals surface area contributed by atoms with E-state index in [0.29, 0.717) is 12.0 Å². The summed E-state index contributed by atoms with van der Waals surface area (Å²) in [4.78, 5) is 52.6. The van der Waals surface area contributed by atoms with Gasteiger partial charge in [0.15, 0.2) is 12.4 Å². The number of hydrogen-bond acceptors (Lipinski definition) is 9. The lowest BCUT2D eigenvalue weighted by Gasteiger charge is -2.59. The molecule has 0 saturated heterocycles. The summed E-state index contributed by atoms with van der Waals surface area (Å²) in [6, 6.07) is 5.82. The van der Waals surface area contributed by atoms with Gasteiger partial charge in [-0.1, -0.05) is 37.6 Å². The van der Waals surface area contributed by atoms with Crippen molar-refractivity contribution >= 4 is 17.5 Å². The zero-order valence-corrected chi connectivity index (χ0v) is 22.0. The molecule has 0 aromatic heterocycles. The van der Waals surface area contributed by atoms with Crippen LogP contribution in [0.5, 0.6) is 0 Å². The number of allylic oxidation sites excluding steroid dienone is 4. The number of rotatable bonds is 7. The number of nitrogens with zero attached hydrogens (tertiary/aromatic N) is 1. The maximum atomic E-state index is 13.4. The molecular weight excluding hydrogens is 506 g/mol. The molecule has 0 radical (unpaired) electrons. The van der Waals surface area contributed by atoms with Gasteiger partial charge in [-0.3, -0.25) is 9.59 Å². The van der Waals surface area contributed by atoms with E-state index in [0.717, 1.165) is 18.4 Å². The summed E-state index contributed by atoms with van der Waals surface area (Å²) >= 11 is 0. The summed E-state index contributed by atoms with van der Waals surface area (Å²) < 4.78 is 5.26. The SMILES string of the molecule is C[C@]12C=CC(=O)C=C1CC[C@@H]1[C@@H]2[C@@H](O)C[C@@]2(C)[C@H]1CC[C@]2(O)C(=O)COC(=O)c1ccc(CO[N+](=O)[O-])cc1. The van der Waals surface area contributed by atoms with Crippen molar-refractivity contribution in [3.8, 4) is 0 Å². The quantitative estimate of drug-likeness (QED) is 0.302. The van der Waals surface area contributed by atoms with E-state index in [1.54, 1.807) is 12.2 Å². The first kappa shape index (κ1) is 27.2. The molecule has 0 aliphatic heterocycles. The van der Waals surface area contributed by atoms with Crippen molar-refractivity contribution in [2.75, 3.05) is 6.61 Å². The normalized spacial score (nSPS) is 36.7. The Morgan fingerprint density at radius 1 is 1.18 bits per heavy atom. The average molecular weight is 540 g/mol. The highest BCUT2D eigenvalue weighted by atomic mass is 16.9. The second kappa shape index (κ2) is 9.67. The summed E-state index contributed by atoms with van der Waals surface area (Å²) in [6.07, 6.45) is 6.97. The lowest BCUT2D eigenvalue weighted by atomic mass is 9.46. The lowest BCUT2D eigenvalue weighted by Crippen LogP contribution is -2.61. The van der Waals surface area contributed by atoms with Crippen LogP contribution in [0.25, 0.3) is 0 Å². The Hall–Kier alpha value is -3.37. The highest BCUT2D eigenvalue weighted by Gasteiger charge is 2.68. The summed E-state index contributed by atoms with van der Waals surface area (Å²) in [7, 11) is 0. The van der Waals surface area contributed by atoms with Crippen molar-refractivity contribution in [1.82, 2.24) is 0 Å². The molecule has 3 saturated carbocycles. The number of aliphatic hydroxyl groups excluding tert-OH is 1. The van der Waals surface area contributed by atoms with Crippen molar-refractivity contribution in [1.29, 1.82) is 0 Å². The first-order chi connectivity index (χ1) is 18.4. The van der Waals surface area contributed by atoms with Crippen LogP contribution in [0.3, 0.4) is 0 Å². The molecule has 0 bridgehead atoms. The standard InChI is InChI=1S/C29H33NO9/c1-27-11-9-20(31)13-19(27)7-8-21-22-10-12-29(35,28(22,2)14-23(32)25(21)27)24(33)16-38-26(34)18-5-3-17(4-6-18)15-39-30(36)37/h3-6,9,11,13,21-23,25,32,35H,7-8,10,12,14-16H2,1-2H3/t21-,22-,23-,25+,27-,28-,29-/m0/s1. The van der Waals surface area contributed by atoms with Gasteiger partial charge in [-0.05, 0) is 73.8 Å². The van der Waals surface area contributed by atoms with Gasteiger partial charge in [-0.2, -0.15) is 0 Å². The molecule has 0 amide bonds. The topological polar surface area (TPSA) is 153 Å². The maximum absolute atomic E-state index is 13.4. The van der Waals surface area contributed by atoms with Crippen molar-refractivity contribution < 1.29 is 39.3 Å². The number of esters is 1. The van der Waals surface area contributed by atoms with Gasteiger partial charge in [-0.25, -0.2) is 4.79 Å². The van der Waals surface area contributed by atoms with E-state index < -0.39 is 46.0 Å². The van der Waals surface area contributed by atoms with E-state index in [-0.39, 0.29) is 48.5 Å². The Bertz CT molecular complexity index is 1270. The van der Waals surface area contributed by atoms with Crippen molar-refractivity contribution in [2.24, 2.45) is 28.6 Å². The van der Waals surface area contributed by atoms with E-state index in [2.05, 4.69) is 11.8 Å². The molecule has 1 aromatic carbocycles. The number of ketones is 2. The molecule has 5 rings (SSSR count). The fraction of sp³-hybridized carbons (Fsp3) is 0.552. The Labute approximate surface area is 225 Å². The number of fused-ring (bicyclic) bond motifs is 5. The Morgan fingerprint density at radius 2 is 1.90 bits per heavy atom. The second-order valence-corrected chi connectivity index (χ2v) is 11.8. The van der Waals surface area contributed by atoms with Gasteiger partial charge in [-0.15, -0.1) is 10.1 Å². The summed E-state index contributed by atoms with van der Waals surface area (Å²) in [5.74, 6) is -1.43. The van der Waals surface area contributed by atoms with Gasteiger partial charge in [0.05, 0.1) is 11.7 Å². The Balaban J connectivity index is 1.28. The molecule has 2 N–H and O–H groups in total. The Kier molecular flexibility index (Phi) is 6.75. The maximum Gasteiger partial charge on any atom is 0.338 e. The molecule has 10 heteroatoms. The predicted molar refractivity (Wildman–Crippen MR) is 136 cm³/mol. The fourth-order valence-corrected chi connectivity index (χ4v) is 7.99. The largest absolute Gasteiger partial charge is 0.454 e. The second-order valence-electron chi connectivity index (χ2n) is 11.8. The highest BCUT2D eigenvalue weighted by molar-refractivity contribution is 6.01. The van der Waals surface area contributed by atoms with E-state index in [9.17, 15) is 34.7 Å². The summed E-state index contributed by atoms with van der Waals surface area (Å²) in [6.45, 7) is 3.07. The molecule has 10 nitrogen and oxygen atoms in total. The zero-order valence-electron chi connectivity index (χ0n) is 22.0. The first-order valence-electron chi connectivity index (χ1n) is 13.3. The van der Waals surface area contributed by atoms with Gasteiger partial charge in [0.1, 0.15) is 12.2 Å². The third kappa shape index (κ3) is 4.39. The minimum atomic E-state index is -1.75. The third-order valence-electron chi connectivity index (χ3n) is 9.97. The first-order valence-corrected chi connectivity index (χ1v) is 13.3. The van der Waals surface area contributed by atoms with Crippen molar-refractivity contribution in [2.45, 2.75) is 64.3 Å². The molecule has 4 aliphatic carbocycles. The lowest BCUT2D eigenvalue weighted by molar-refractivity contribution is -0.763. The van der Waals surface area contributed by atoms with Gasteiger partial charge >= 0.3 is 5.97 Å². The predicted octanol–water partition coefficient (Wildman–Crippen LogP) is 3.13. The number of ether oxygens (including phenoxy) is 1. The summed E-state index contributed by atoms with van der Waals surface area (Å²) in [5.41, 5.74) is -1.40. The monoisotopic (exact) mass is 539 g/mol. The van der Waals surface area contributed by atoms with Crippen molar-refractivity contribution in [3.63, 3.8) is 0 Å². The fourth-order valence-electron chi connectivity index (χ4n) is 7.99. The van der Waals surface area contributed by atoms with E-state index in [1.807, 2.05) is 13.0 Å². The van der Waals surface area contributed by atoms with Crippen LogP contribution in [0, 0.1) is 38.7 Å². The van der Waals surface area contributed by atoms with Crippen LogP contribution in [0.1, 0.15) is 61.9 Å². The average Bonchev–Trinajstić information content (AvgIpc) is 3.17. The van der Waals surface area contributed by atoms with Crippen LogP contribution < -0.4 is 0 Å². The molecule has 0 spiro atoms. The van der Waals surface area contributed by atoms with Crippen LogP contribution >= 0.6 is 0 Å². The molecule has 39 heavy (non-hydrogen) atoms. The molecular formula is C29H33NO9. The highest BCUT2D eigenvalue weighted by Crippen LogP contribution is 2.67. The summed E-state index contributed by atoms with van der Waals surface area (Å²) in [5, 5.41) is 32.7. The minimum absolute atomic E-state index is 0.00566. The molecule has 208 valence electrons. The van der Waals surface area contributed by atoms with Crippen LogP contribution in [0.15, 0.2) is 48.1 Å². The van der Waals surface area contributed by atoms with E-state index in [1.165, 1.54) is 24.3 Å². The van der Waals surface area contributed by atoms with Gasteiger partial charge in [0.25, 0.3) is 5.09 Å². The number of Topliss-reactive ketones (excluding diaryl/α,β-unsaturated/α-hetero) is 1. The number of hydrogen-bond donors (Lipinski definition) is 2. The van der Waals surface area contributed by atoms with Gasteiger partial charge in [0, 0.05) is 16.7 Å². The van der Waals surface area contributed by atoms with Crippen LogP contribution in [-0.4, -0.2) is 51.1 Å². The molecule has 1 aromatic rings. The van der Waals surface area contributed by atoms with Crippen LogP contribution in [0.2, 0.25) is 0 Å². The van der Waals surface area contributed by atoms with Gasteiger partial charge in [0.2, 0.25) is 5.78 Å². The number of carbonyl (C=O) groups excluding carboxylic acids is 3. The number of benzene rings is 1. The van der Waals surface area contributed by atoms with E-state index in [4.69, 9.17) is 4.74 Å². The van der Waals surface area contributed by atoms with Crippen molar-refractivity contribution in [3.05, 3.63) is 69.3 Å². The Morgan fingerprint density at radius 3 is 2.59 bits per heavy atom. The minimum Gasteiger partial charge on any atom is -0.454 e. The molecule has 0 unspecified atom stereocenters. The van der Waals surface area contributed by atoms with Crippen LogP contribution in [0.4, 0.5) is 0 Å². The molecule has 0 heterocycles. The number of aliphatic hydroxyl groups is 2. The van der Waals surface area contributed by atoms with E-state index >= 15 is 0 Å². The smallest absolute Gasteiger partial charge is 0.338 e. The molecule has 7 atom stereocenters. The number of carbonyl (C=O) groups is 3.